The van der Waals surface area contributed by atoms with E-state index in [2.05, 4.69) is 5.32 Å². The SMILES string of the molecule is S=C1NC2CCCC2S1. The van der Waals surface area contributed by atoms with Crippen LogP contribution < -0.4 is 5.32 Å². The summed E-state index contributed by atoms with van der Waals surface area (Å²) in [5, 5.41) is 4.13. The van der Waals surface area contributed by atoms with Crippen LogP contribution in [0.2, 0.25) is 0 Å². The van der Waals surface area contributed by atoms with Gasteiger partial charge in [0.2, 0.25) is 0 Å². The first-order chi connectivity index (χ1) is 4.36. The zero-order valence-electron chi connectivity index (χ0n) is 5.09. The lowest BCUT2D eigenvalue weighted by Crippen LogP contribution is -2.26. The van der Waals surface area contributed by atoms with Gasteiger partial charge in [-0.15, -0.1) is 0 Å². The second-order valence-corrected chi connectivity index (χ2v) is 4.54. The fourth-order valence-electron chi connectivity index (χ4n) is 1.56. The van der Waals surface area contributed by atoms with Crippen LogP contribution in [0, 0.1) is 0 Å². The van der Waals surface area contributed by atoms with Gasteiger partial charge in [0, 0.05) is 11.3 Å². The summed E-state index contributed by atoms with van der Waals surface area (Å²) in [5.41, 5.74) is 0. The van der Waals surface area contributed by atoms with Gasteiger partial charge in [-0.1, -0.05) is 30.4 Å². The van der Waals surface area contributed by atoms with E-state index in [0.717, 1.165) is 15.6 Å². The Kier molecular flexibility index (Phi) is 1.42. The van der Waals surface area contributed by atoms with Gasteiger partial charge in [-0.25, -0.2) is 0 Å². The molecular weight excluding hydrogens is 150 g/mol. The van der Waals surface area contributed by atoms with E-state index in [-0.39, 0.29) is 0 Å². The monoisotopic (exact) mass is 159 g/mol. The summed E-state index contributed by atoms with van der Waals surface area (Å²) in [7, 11) is 0. The summed E-state index contributed by atoms with van der Waals surface area (Å²) in [4.78, 5) is 0. The van der Waals surface area contributed by atoms with Crippen molar-refractivity contribution >= 4 is 28.3 Å². The Morgan fingerprint density at radius 2 is 2.44 bits per heavy atom. The van der Waals surface area contributed by atoms with Crippen molar-refractivity contribution in [2.24, 2.45) is 0 Å². The second kappa shape index (κ2) is 2.13. The lowest BCUT2D eigenvalue weighted by atomic mass is 10.3. The van der Waals surface area contributed by atoms with Crippen LogP contribution in [0.25, 0.3) is 0 Å². The van der Waals surface area contributed by atoms with Crippen molar-refractivity contribution in [2.75, 3.05) is 0 Å². The van der Waals surface area contributed by atoms with Crippen molar-refractivity contribution in [3.63, 3.8) is 0 Å². The Balaban J connectivity index is 2.09. The van der Waals surface area contributed by atoms with Gasteiger partial charge in [-0.05, 0) is 12.8 Å². The molecule has 1 N–H and O–H groups in total. The molecule has 1 saturated heterocycles. The van der Waals surface area contributed by atoms with E-state index in [1.165, 1.54) is 19.3 Å². The molecule has 0 aromatic carbocycles. The molecule has 2 unspecified atom stereocenters. The zero-order valence-corrected chi connectivity index (χ0v) is 6.73. The summed E-state index contributed by atoms with van der Waals surface area (Å²) in [6.07, 6.45) is 4.08. The number of hydrogen-bond acceptors (Lipinski definition) is 2. The first-order valence-electron chi connectivity index (χ1n) is 3.33. The number of thioether (sulfide) groups is 1. The molecule has 1 saturated carbocycles. The third-order valence-electron chi connectivity index (χ3n) is 2.01. The van der Waals surface area contributed by atoms with Crippen molar-refractivity contribution < 1.29 is 0 Å². The molecule has 0 radical (unpaired) electrons. The maximum absolute atomic E-state index is 5.03. The molecule has 0 spiro atoms. The van der Waals surface area contributed by atoms with Gasteiger partial charge in [0.1, 0.15) is 4.32 Å². The van der Waals surface area contributed by atoms with Gasteiger partial charge in [-0.2, -0.15) is 0 Å². The topological polar surface area (TPSA) is 12.0 Å². The molecule has 0 aromatic heterocycles. The van der Waals surface area contributed by atoms with Gasteiger partial charge in [0.15, 0.2) is 0 Å². The minimum absolute atomic E-state index is 0.725. The van der Waals surface area contributed by atoms with Crippen LogP contribution >= 0.6 is 24.0 Å². The first kappa shape index (κ1) is 5.98. The van der Waals surface area contributed by atoms with E-state index >= 15 is 0 Å². The van der Waals surface area contributed by atoms with Gasteiger partial charge in [-0.3, -0.25) is 0 Å². The average Bonchev–Trinajstić information content (AvgIpc) is 2.22. The highest BCUT2D eigenvalue weighted by atomic mass is 32.2. The van der Waals surface area contributed by atoms with Crippen LogP contribution in [0.5, 0.6) is 0 Å². The highest BCUT2D eigenvalue weighted by molar-refractivity contribution is 8.23. The number of fused-ring (bicyclic) bond motifs is 1. The largest absolute Gasteiger partial charge is 0.367 e. The predicted octanol–water partition coefficient (Wildman–Crippen LogP) is 1.53. The molecule has 2 rings (SSSR count). The predicted molar refractivity (Wildman–Crippen MR) is 44.8 cm³/mol. The molecule has 2 atom stereocenters. The summed E-state index contributed by atoms with van der Waals surface area (Å²) < 4.78 is 1.02. The summed E-state index contributed by atoms with van der Waals surface area (Å²) in [5.74, 6) is 0. The van der Waals surface area contributed by atoms with Crippen LogP contribution in [0.15, 0.2) is 0 Å². The maximum atomic E-state index is 5.03. The van der Waals surface area contributed by atoms with Crippen LogP contribution in [-0.2, 0) is 0 Å². The molecule has 1 nitrogen and oxygen atoms in total. The first-order valence-corrected chi connectivity index (χ1v) is 4.62. The van der Waals surface area contributed by atoms with Crippen LogP contribution in [0.3, 0.4) is 0 Å². The number of hydrogen-bond donors (Lipinski definition) is 1. The van der Waals surface area contributed by atoms with E-state index in [1.54, 1.807) is 0 Å². The summed E-state index contributed by atoms with van der Waals surface area (Å²) >= 11 is 6.88. The fourth-order valence-corrected chi connectivity index (χ4v) is 3.22. The van der Waals surface area contributed by atoms with E-state index in [9.17, 15) is 0 Å². The highest BCUT2D eigenvalue weighted by Crippen LogP contribution is 2.35. The number of rotatable bonds is 0. The standard InChI is InChI=1S/C6H9NS2/c8-6-7-4-2-1-3-5(4)9-6/h4-5H,1-3H2,(H,7,8). The van der Waals surface area contributed by atoms with Gasteiger partial charge < -0.3 is 5.32 Å². The van der Waals surface area contributed by atoms with E-state index in [4.69, 9.17) is 12.2 Å². The number of nitrogens with one attached hydrogen (secondary N) is 1. The van der Waals surface area contributed by atoms with Crippen molar-refractivity contribution in [3.8, 4) is 0 Å². The zero-order chi connectivity index (χ0) is 6.27. The third kappa shape index (κ3) is 0.964. The molecule has 0 amide bonds. The molecule has 0 bridgehead atoms. The molecule has 9 heavy (non-hydrogen) atoms. The Morgan fingerprint density at radius 1 is 1.56 bits per heavy atom. The molecule has 0 aromatic rings. The minimum Gasteiger partial charge on any atom is -0.367 e. The summed E-state index contributed by atoms with van der Waals surface area (Å²) in [6.45, 7) is 0. The van der Waals surface area contributed by atoms with Gasteiger partial charge in [0.25, 0.3) is 0 Å². The molecule has 1 aliphatic carbocycles. The Hall–Kier alpha value is 0.240. The normalized spacial score (nSPS) is 40.7. The van der Waals surface area contributed by atoms with Crippen LogP contribution in [0.1, 0.15) is 19.3 Å². The lowest BCUT2D eigenvalue weighted by molar-refractivity contribution is 0.664. The molecule has 3 heteroatoms. The van der Waals surface area contributed by atoms with E-state index < -0.39 is 0 Å². The average molecular weight is 159 g/mol. The van der Waals surface area contributed by atoms with Gasteiger partial charge in [0.05, 0.1) is 0 Å². The van der Waals surface area contributed by atoms with Crippen molar-refractivity contribution in [2.45, 2.75) is 30.6 Å². The molecular formula is C6H9NS2. The van der Waals surface area contributed by atoms with Crippen LogP contribution in [0.4, 0.5) is 0 Å². The molecule has 50 valence electrons. The lowest BCUT2D eigenvalue weighted by Gasteiger charge is -2.04. The molecule has 2 fully saturated rings. The van der Waals surface area contributed by atoms with E-state index in [0.29, 0.717) is 0 Å². The minimum atomic E-state index is 0.725. The van der Waals surface area contributed by atoms with Crippen molar-refractivity contribution in [1.82, 2.24) is 5.32 Å². The fraction of sp³-hybridized carbons (Fsp3) is 0.833. The smallest absolute Gasteiger partial charge is 0.134 e. The second-order valence-electron chi connectivity index (χ2n) is 2.63. The molecule has 2 aliphatic rings. The molecule has 1 heterocycles. The van der Waals surface area contributed by atoms with Crippen LogP contribution in [-0.4, -0.2) is 15.6 Å². The quantitative estimate of drug-likeness (QED) is 0.538. The molecule has 1 aliphatic heterocycles. The van der Waals surface area contributed by atoms with Crippen molar-refractivity contribution in [1.29, 1.82) is 0 Å². The highest BCUT2D eigenvalue weighted by Gasteiger charge is 2.34. The Morgan fingerprint density at radius 3 is 3.22 bits per heavy atom. The van der Waals surface area contributed by atoms with Crippen molar-refractivity contribution in [3.05, 3.63) is 0 Å². The maximum Gasteiger partial charge on any atom is 0.134 e. The number of thiocarbonyl (C=S) groups is 1. The Labute approximate surface area is 64.6 Å². The summed E-state index contributed by atoms with van der Waals surface area (Å²) in [6, 6.07) is 0.725. The van der Waals surface area contributed by atoms with Gasteiger partial charge >= 0.3 is 0 Å². The third-order valence-corrected chi connectivity index (χ3v) is 3.62. The Bertz CT molecular complexity index is 132. The van der Waals surface area contributed by atoms with E-state index in [1.807, 2.05) is 11.8 Å².